The van der Waals surface area contributed by atoms with Gasteiger partial charge in [-0.25, -0.2) is 0 Å². The van der Waals surface area contributed by atoms with Gasteiger partial charge in [0, 0.05) is 29.2 Å². The number of likely N-dealkylation sites (N-methyl/N-ethyl adjacent to an activating group) is 1. The molecular weight excluding hydrogens is 356 g/mol. The normalized spacial score (nSPS) is 15.6. The molecule has 0 saturated heterocycles. The standard InChI is InChI=1S/C19H21ClN2O2S/c1-22(2)8-7-15-17(11-22)25-16(18(15)19(21)24)10-14(23)9-12-3-5-13(20)6-4-12/h3-6H,7-11H2,1-2H3,(H-,21,24)/p+1. The van der Waals surface area contributed by atoms with E-state index in [0.717, 1.165) is 40.0 Å². The van der Waals surface area contributed by atoms with Gasteiger partial charge in [0.15, 0.2) is 0 Å². The zero-order valence-corrected chi connectivity index (χ0v) is 16.0. The number of amides is 1. The first-order valence-electron chi connectivity index (χ1n) is 8.26. The zero-order valence-electron chi connectivity index (χ0n) is 14.5. The Morgan fingerprint density at radius 1 is 1.20 bits per heavy atom. The van der Waals surface area contributed by atoms with Crippen LogP contribution in [-0.2, 0) is 30.6 Å². The smallest absolute Gasteiger partial charge is 0.250 e. The van der Waals surface area contributed by atoms with Gasteiger partial charge in [-0.3, -0.25) is 9.59 Å². The molecule has 0 aliphatic carbocycles. The van der Waals surface area contributed by atoms with Crippen molar-refractivity contribution in [3.63, 3.8) is 0 Å². The zero-order chi connectivity index (χ0) is 18.2. The van der Waals surface area contributed by atoms with Crippen LogP contribution in [0.2, 0.25) is 5.02 Å². The second kappa shape index (κ2) is 6.90. The lowest BCUT2D eigenvalue weighted by atomic mass is 9.98. The summed E-state index contributed by atoms with van der Waals surface area (Å²) in [6.45, 7) is 1.85. The lowest BCUT2D eigenvalue weighted by Gasteiger charge is -2.33. The number of nitrogens with two attached hydrogens (primary N) is 1. The van der Waals surface area contributed by atoms with Crippen LogP contribution in [0.1, 0.15) is 31.2 Å². The molecule has 1 aliphatic heterocycles. The molecule has 0 spiro atoms. The monoisotopic (exact) mass is 377 g/mol. The Labute approximate surface area is 156 Å². The first kappa shape index (κ1) is 18.1. The van der Waals surface area contributed by atoms with Gasteiger partial charge >= 0.3 is 0 Å². The third kappa shape index (κ3) is 4.11. The molecule has 1 aliphatic rings. The Morgan fingerprint density at radius 2 is 1.88 bits per heavy atom. The molecule has 25 heavy (non-hydrogen) atoms. The molecule has 2 heterocycles. The number of thiophene rings is 1. The molecule has 0 bridgehead atoms. The molecule has 132 valence electrons. The van der Waals surface area contributed by atoms with Crippen molar-refractivity contribution in [3.05, 3.63) is 55.7 Å². The van der Waals surface area contributed by atoms with Gasteiger partial charge in [-0.15, -0.1) is 11.3 Å². The molecule has 0 fully saturated rings. The van der Waals surface area contributed by atoms with Crippen molar-refractivity contribution in [2.75, 3.05) is 20.6 Å². The average molecular weight is 378 g/mol. The number of benzene rings is 1. The van der Waals surface area contributed by atoms with Gasteiger partial charge in [-0.2, -0.15) is 0 Å². The Balaban J connectivity index is 1.82. The van der Waals surface area contributed by atoms with E-state index in [2.05, 4.69) is 14.1 Å². The molecule has 4 nitrogen and oxygen atoms in total. The van der Waals surface area contributed by atoms with E-state index in [1.54, 1.807) is 23.5 Å². The summed E-state index contributed by atoms with van der Waals surface area (Å²) < 4.78 is 0.893. The number of nitrogens with zero attached hydrogens (tertiary/aromatic N) is 1. The van der Waals surface area contributed by atoms with E-state index in [1.165, 1.54) is 4.88 Å². The van der Waals surface area contributed by atoms with Crippen LogP contribution < -0.4 is 5.73 Å². The van der Waals surface area contributed by atoms with Crippen LogP contribution in [-0.4, -0.2) is 36.8 Å². The minimum atomic E-state index is -0.418. The molecule has 0 unspecified atom stereocenters. The van der Waals surface area contributed by atoms with E-state index in [9.17, 15) is 9.59 Å². The number of Topliss-reactive ketones (excluding diaryl/α,β-unsaturated/α-hetero) is 1. The van der Waals surface area contributed by atoms with Gasteiger partial charge in [0.1, 0.15) is 12.3 Å². The van der Waals surface area contributed by atoms with Crippen LogP contribution in [0, 0.1) is 0 Å². The summed E-state index contributed by atoms with van der Waals surface area (Å²) in [6.07, 6.45) is 1.42. The minimum Gasteiger partial charge on any atom is -0.366 e. The Kier molecular flexibility index (Phi) is 5.00. The highest BCUT2D eigenvalue weighted by Crippen LogP contribution is 2.35. The van der Waals surface area contributed by atoms with Gasteiger partial charge in [-0.1, -0.05) is 23.7 Å². The summed E-state index contributed by atoms with van der Waals surface area (Å²) in [5.74, 6) is -0.337. The van der Waals surface area contributed by atoms with Crippen molar-refractivity contribution in [1.82, 2.24) is 0 Å². The second-order valence-corrected chi connectivity index (χ2v) is 8.88. The molecule has 3 rings (SSSR count). The Bertz CT molecular complexity index is 825. The molecule has 0 atom stereocenters. The molecule has 0 saturated carbocycles. The highest BCUT2D eigenvalue weighted by molar-refractivity contribution is 7.12. The molecular formula is C19H22ClN2O2S+. The van der Waals surface area contributed by atoms with Crippen LogP contribution in [0.3, 0.4) is 0 Å². The van der Waals surface area contributed by atoms with Crippen LogP contribution in [0.15, 0.2) is 24.3 Å². The van der Waals surface area contributed by atoms with Crippen molar-refractivity contribution >= 4 is 34.6 Å². The predicted octanol–water partition coefficient (Wildman–Crippen LogP) is 2.99. The number of quaternary nitrogens is 1. The second-order valence-electron chi connectivity index (χ2n) is 7.25. The van der Waals surface area contributed by atoms with Crippen LogP contribution in [0.5, 0.6) is 0 Å². The third-order valence-corrected chi connectivity index (χ3v) is 6.09. The topological polar surface area (TPSA) is 60.2 Å². The number of hydrogen-bond acceptors (Lipinski definition) is 3. The van der Waals surface area contributed by atoms with Gasteiger partial charge in [0.25, 0.3) is 0 Å². The number of rotatable bonds is 5. The fraction of sp³-hybridized carbons (Fsp3) is 0.368. The number of ketones is 1. The number of carbonyl (C=O) groups is 2. The summed E-state index contributed by atoms with van der Waals surface area (Å²) in [7, 11) is 4.36. The average Bonchev–Trinajstić information content (AvgIpc) is 2.85. The molecule has 1 aromatic heterocycles. The molecule has 6 heteroatoms. The van der Waals surface area contributed by atoms with Crippen molar-refractivity contribution in [2.24, 2.45) is 5.73 Å². The maximum Gasteiger partial charge on any atom is 0.250 e. The van der Waals surface area contributed by atoms with Crippen molar-refractivity contribution < 1.29 is 14.1 Å². The summed E-state index contributed by atoms with van der Waals surface area (Å²) in [5.41, 5.74) is 8.20. The number of primary amides is 1. The fourth-order valence-electron chi connectivity index (χ4n) is 3.33. The summed E-state index contributed by atoms with van der Waals surface area (Å²) in [6, 6.07) is 7.27. The van der Waals surface area contributed by atoms with Crippen LogP contribution in [0.25, 0.3) is 0 Å². The van der Waals surface area contributed by atoms with Gasteiger partial charge < -0.3 is 10.2 Å². The molecule has 2 aromatic rings. The van der Waals surface area contributed by atoms with Gasteiger partial charge in [0.05, 0.1) is 31.1 Å². The highest BCUT2D eigenvalue weighted by atomic mass is 35.5. The minimum absolute atomic E-state index is 0.0807. The van der Waals surface area contributed by atoms with Crippen LogP contribution in [0.4, 0.5) is 0 Å². The lowest BCUT2D eigenvalue weighted by Crippen LogP contribution is -2.43. The Morgan fingerprint density at radius 3 is 2.52 bits per heavy atom. The van der Waals surface area contributed by atoms with E-state index < -0.39 is 5.91 Å². The molecule has 0 radical (unpaired) electrons. The molecule has 1 amide bonds. The quantitative estimate of drug-likeness (QED) is 0.814. The number of hydrogen-bond donors (Lipinski definition) is 1. The van der Waals surface area contributed by atoms with Crippen molar-refractivity contribution in [2.45, 2.75) is 25.8 Å². The summed E-state index contributed by atoms with van der Waals surface area (Å²) in [4.78, 5) is 26.5. The van der Waals surface area contributed by atoms with Crippen molar-refractivity contribution in [1.29, 1.82) is 0 Å². The van der Waals surface area contributed by atoms with E-state index in [1.807, 2.05) is 12.1 Å². The van der Waals surface area contributed by atoms with E-state index >= 15 is 0 Å². The number of carbonyl (C=O) groups excluding carboxylic acids is 2. The molecule has 2 N–H and O–H groups in total. The molecule has 1 aromatic carbocycles. The first-order chi connectivity index (χ1) is 11.7. The number of fused-ring (bicyclic) bond motifs is 1. The summed E-state index contributed by atoms with van der Waals surface area (Å²) >= 11 is 7.45. The van der Waals surface area contributed by atoms with E-state index in [4.69, 9.17) is 17.3 Å². The maximum atomic E-state index is 12.5. The summed E-state index contributed by atoms with van der Waals surface area (Å²) in [5, 5.41) is 0.652. The number of halogens is 1. The lowest BCUT2D eigenvalue weighted by molar-refractivity contribution is -0.905. The van der Waals surface area contributed by atoms with E-state index in [0.29, 0.717) is 17.0 Å². The Hall–Kier alpha value is -1.69. The SMILES string of the molecule is C[N+]1(C)CCc2c(sc(CC(=O)Cc3ccc(Cl)cc3)c2C(N)=O)C1. The van der Waals surface area contributed by atoms with Gasteiger partial charge in [0.2, 0.25) is 5.91 Å². The fourth-order valence-corrected chi connectivity index (χ4v) is 5.05. The van der Waals surface area contributed by atoms with Gasteiger partial charge in [-0.05, 0) is 23.3 Å². The van der Waals surface area contributed by atoms with Crippen LogP contribution >= 0.6 is 22.9 Å². The maximum absolute atomic E-state index is 12.5. The first-order valence-corrected chi connectivity index (χ1v) is 9.46. The van der Waals surface area contributed by atoms with E-state index in [-0.39, 0.29) is 12.2 Å². The predicted molar refractivity (Wildman–Crippen MR) is 101 cm³/mol. The largest absolute Gasteiger partial charge is 0.366 e. The highest BCUT2D eigenvalue weighted by Gasteiger charge is 2.32. The van der Waals surface area contributed by atoms with Crippen molar-refractivity contribution in [3.8, 4) is 0 Å². The third-order valence-electron chi connectivity index (χ3n) is 4.62.